The molecule has 0 aromatic heterocycles. The molecule has 0 amide bonds. The van der Waals surface area contributed by atoms with E-state index < -0.39 is 18.6 Å². The number of ketones is 1. The molecule has 70 valence electrons. The zero-order valence-corrected chi connectivity index (χ0v) is 7.26. The molecule has 0 atom stereocenters. The number of hydrogen-bond donors (Lipinski definition) is 0. The Bertz CT molecular complexity index is 290. The summed E-state index contributed by atoms with van der Waals surface area (Å²) in [6.07, 6.45) is -3.25. The van der Waals surface area contributed by atoms with E-state index in [0.717, 1.165) is 5.56 Å². The molecule has 0 bridgehead atoms. The molecule has 0 fully saturated rings. The van der Waals surface area contributed by atoms with E-state index in [1.165, 1.54) is 0 Å². The second-order valence-corrected chi connectivity index (χ2v) is 2.88. The van der Waals surface area contributed by atoms with Crippen LogP contribution in [0.1, 0.15) is 22.3 Å². The zero-order valence-electron chi connectivity index (χ0n) is 7.26. The summed E-state index contributed by atoms with van der Waals surface area (Å²) in [5.74, 6) is -0.505. The minimum Gasteiger partial charge on any atom is -0.294 e. The number of halogens is 2. The standard InChI is InChI=1S/C10H10F2O/c1-7-2-4-8(5-3-7)9(13)6-10(11)12/h2-5,10H,6H2,1H3. The first kappa shape index (κ1) is 9.84. The number of aryl methyl sites for hydroxylation is 1. The van der Waals surface area contributed by atoms with Crippen molar-refractivity contribution < 1.29 is 13.6 Å². The van der Waals surface area contributed by atoms with E-state index in [1.807, 2.05) is 6.92 Å². The first-order valence-electron chi connectivity index (χ1n) is 3.97. The number of alkyl halides is 2. The van der Waals surface area contributed by atoms with Gasteiger partial charge in [-0.1, -0.05) is 29.8 Å². The average Bonchev–Trinajstić information content (AvgIpc) is 2.04. The summed E-state index contributed by atoms with van der Waals surface area (Å²) in [6.45, 7) is 1.88. The molecule has 1 aromatic carbocycles. The minimum atomic E-state index is -2.56. The van der Waals surface area contributed by atoms with Gasteiger partial charge in [0.2, 0.25) is 6.43 Å². The Morgan fingerprint density at radius 2 is 1.85 bits per heavy atom. The van der Waals surface area contributed by atoms with Crippen LogP contribution in [0.25, 0.3) is 0 Å². The van der Waals surface area contributed by atoms with Gasteiger partial charge in [-0.25, -0.2) is 8.78 Å². The first-order chi connectivity index (χ1) is 6.09. The third-order valence-electron chi connectivity index (χ3n) is 1.71. The highest BCUT2D eigenvalue weighted by atomic mass is 19.3. The minimum absolute atomic E-state index is 0.353. The van der Waals surface area contributed by atoms with E-state index in [4.69, 9.17) is 0 Å². The number of rotatable bonds is 3. The van der Waals surface area contributed by atoms with Crippen LogP contribution < -0.4 is 0 Å². The second kappa shape index (κ2) is 4.12. The van der Waals surface area contributed by atoms with Gasteiger partial charge >= 0.3 is 0 Å². The molecule has 3 heteroatoms. The number of Topliss-reactive ketones (excluding diaryl/α,β-unsaturated/α-hetero) is 1. The van der Waals surface area contributed by atoms with Gasteiger partial charge in [-0.05, 0) is 6.92 Å². The van der Waals surface area contributed by atoms with Gasteiger partial charge in [0.25, 0.3) is 0 Å². The lowest BCUT2D eigenvalue weighted by molar-refractivity contribution is 0.0829. The fourth-order valence-electron chi connectivity index (χ4n) is 0.997. The molecule has 0 saturated carbocycles. The molecule has 0 spiro atoms. The molecule has 1 aromatic rings. The maximum atomic E-state index is 11.8. The number of carbonyl (C=O) groups is 1. The largest absolute Gasteiger partial charge is 0.294 e. The van der Waals surface area contributed by atoms with Gasteiger partial charge in [0.1, 0.15) is 0 Å². The molecule has 0 heterocycles. The Kier molecular flexibility index (Phi) is 3.12. The van der Waals surface area contributed by atoms with E-state index in [9.17, 15) is 13.6 Å². The van der Waals surface area contributed by atoms with Crippen molar-refractivity contribution in [3.05, 3.63) is 35.4 Å². The Morgan fingerprint density at radius 1 is 1.31 bits per heavy atom. The van der Waals surface area contributed by atoms with Gasteiger partial charge in [-0.3, -0.25) is 4.79 Å². The lowest BCUT2D eigenvalue weighted by atomic mass is 10.1. The Labute approximate surface area is 75.4 Å². The predicted octanol–water partition coefficient (Wildman–Crippen LogP) is 2.83. The third-order valence-corrected chi connectivity index (χ3v) is 1.71. The second-order valence-electron chi connectivity index (χ2n) is 2.88. The van der Waals surface area contributed by atoms with Gasteiger partial charge in [0.15, 0.2) is 5.78 Å². The summed E-state index contributed by atoms with van der Waals surface area (Å²) in [5, 5.41) is 0. The van der Waals surface area contributed by atoms with Crippen molar-refractivity contribution in [2.75, 3.05) is 0 Å². The first-order valence-corrected chi connectivity index (χ1v) is 3.97. The molecule has 0 aliphatic carbocycles. The topological polar surface area (TPSA) is 17.1 Å². The van der Waals surface area contributed by atoms with Gasteiger partial charge < -0.3 is 0 Å². The molecule has 0 unspecified atom stereocenters. The fourth-order valence-corrected chi connectivity index (χ4v) is 0.997. The number of carbonyl (C=O) groups excluding carboxylic acids is 1. The highest BCUT2D eigenvalue weighted by Gasteiger charge is 2.12. The van der Waals surface area contributed by atoms with Crippen LogP contribution in [0.4, 0.5) is 8.78 Å². The monoisotopic (exact) mass is 184 g/mol. The highest BCUT2D eigenvalue weighted by Crippen LogP contribution is 2.09. The maximum absolute atomic E-state index is 11.8. The lowest BCUT2D eigenvalue weighted by Crippen LogP contribution is -2.04. The number of hydrogen-bond acceptors (Lipinski definition) is 1. The van der Waals surface area contributed by atoms with E-state index in [2.05, 4.69) is 0 Å². The van der Waals surface area contributed by atoms with Crippen LogP contribution in [-0.2, 0) is 0 Å². The maximum Gasteiger partial charge on any atom is 0.245 e. The molecular weight excluding hydrogens is 174 g/mol. The molecule has 0 aliphatic heterocycles. The zero-order chi connectivity index (χ0) is 9.84. The fraction of sp³-hybridized carbons (Fsp3) is 0.300. The summed E-state index contributed by atoms with van der Waals surface area (Å²) in [5.41, 5.74) is 1.36. The van der Waals surface area contributed by atoms with Gasteiger partial charge in [0.05, 0.1) is 6.42 Å². The molecular formula is C10H10F2O. The summed E-state index contributed by atoms with van der Waals surface area (Å²) in [7, 11) is 0. The Balaban J connectivity index is 2.72. The van der Waals surface area contributed by atoms with Crippen molar-refractivity contribution in [3.8, 4) is 0 Å². The lowest BCUT2D eigenvalue weighted by Gasteiger charge is -2.00. The van der Waals surface area contributed by atoms with Crippen LogP contribution in [0.3, 0.4) is 0 Å². The molecule has 0 saturated heterocycles. The van der Waals surface area contributed by atoms with Crippen molar-refractivity contribution in [1.29, 1.82) is 0 Å². The average molecular weight is 184 g/mol. The van der Waals surface area contributed by atoms with Gasteiger partial charge in [-0.15, -0.1) is 0 Å². The van der Waals surface area contributed by atoms with Crippen molar-refractivity contribution in [3.63, 3.8) is 0 Å². The van der Waals surface area contributed by atoms with Gasteiger partial charge in [-0.2, -0.15) is 0 Å². The van der Waals surface area contributed by atoms with Crippen LogP contribution in [0.15, 0.2) is 24.3 Å². The van der Waals surface area contributed by atoms with E-state index in [1.54, 1.807) is 24.3 Å². The third kappa shape index (κ3) is 2.93. The quantitative estimate of drug-likeness (QED) is 0.660. The summed E-state index contributed by atoms with van der Waals surface area (Å²) in [4.78, 5) is 11.1. The predicted molar refractivity (Wildman–Crippen MR) is 46.1 cm³/mol. The van der Waals surface area contributed by atoms with Crippen molar-refractivity contribution in [1.82, 2.24) is 0 Å². The molecule has 0 radical (unpaired) electrons. The Morgan fingerprint density at radius 3 is 2.31 bits per heavy atom. The highest BCUT2D eigenvalue weighted by molar-refractivity contribution is 5.96. The van der Waals surface area contributed by atoms with E-state index in [0.29, 0.717) is 5.56 Å². The van der Waals surface area contributed by atoms with Crippen molar-refractivity contribution >= 4 is 5.78 Å². The van der Waals surface area contributed by atoms with Crippen LogP contribution in [0.5, 0.6) is 0 Å². The van der Waals surface area contributed by atoms with Crippen LogP contribution in [-0.4, -0.2) is 12.2 Å². The number of benzene rings is 1. The normalized spacial score (nSPS) is 10.5. The van der Waals surface area contributed by atoms with E-state index >= 15 is 0 Å². The summed E-state index contributed by atoms with van der Waals surface area (Å²) < 4.78 is 23.7. The summed E-state index contributed by atoms with van der Waals surface area (Å²) in [6, 6.07) is 6.61. The van der Waals surface area contributed by atoms with Crippen LogP contribution >= 0.6 is 0 Å². The summed E-state index contributed by atoms with van der Waals surface area (Å²) >= 11 is 0. The van der Waals surface area contributed by atoms with Crippen molar-refractivity contribution in [2.45, 2.75) is 19.8 Å². The molecule has 1 nitrogen and oxygen atoms in total. The van der Waals surface area contributed by atoms with Crippen molar-refractivity contribution in [2.24, 2.45) is 0 Å². The van der Waals surface area contributed by atoms with Crippen LogP contribution in [0, 0.1) is 6.92 Å². The molecule has 1 rings (SSSR count). The van der Waals surface area contributed by atoms with E-state index in [-0.39, 0.29) is 0 Å². The van der Waals surface area contributed by atoms with Gasteiger partial charge in [0, 0.05) is 5.56 Å². The molecule has 0 N–H and O–H groups in total. The molecule has 0 aliphatic rings. The smallest absolute Gasteiger partial charge is 0.245 e. The Hall–Kier alpha value is -1.25. The molecule has 13 heavy (non-hydrogen) atoms. The van der Waals surface area contributed by atoms with Crippen LogP contribution in [0.2, 0.25) is 0 Å². The SMILES string of the molecule is Cc1ccc(C(=O)CC(F)F)cc1.